The molecule has 0 saturated heterocycles. The van der Waals surface area contributed by atoms with Crippen molar-refractivity contribution in [2.75, 3.05) is 10.3 Å². The largest absolute Gasteiger partial charge is 0.368 e. The van der Waals surface area contributed by atoms with Crippen LogP contribution in [0.4, 0.5) is 19.6 Å². The number of carbonyl (C=O) groups excluding carboxylic acids is 2. The van der Waals surface area contributed by atoms with E-state index in [2.05, 4.69) is 15.4 Å². The Kier molecular flexibility index (Phi) is 5.47. The number of thiazole rings is 1. The quantitative estimate of drug-likeness (QED) is 0.633. The van der Waals surface area contributed by atoms with Crippen LogP contribution >= 0.6 is 11.3 Å². The van der Waals surface area contributed by atoms with Crippen molar-refractivity contribution in [3.05, 3.63) is 65.0 Å². The molecule has 31 heavy (non-hydrogen) atoms. The number of hydrazone groups is 1. The molecule has 158 valence electrons. The molecular formula is C21H17F2N5O2S. The SMILES string of the molecule is Cc1sc(NC(=O)C2=NN(c3ccccc3)[C@H](C(N)=O)C2)nc1-c1ccc(F)c(F)c1. The van der Waals surface area contributed by atoms with Crippen LogP contribution in [0.1, 0.15) is 11.3 Å². The highest BCUT2D eigenvalue weighted by molar-refractivity contribution is 7.16. The van der Waals surface area contributed by atoms with Crippen LogP contribution in [0.25, 0.3) is 11.3 Å². The molecule has 0 unspecified atom stereocenters. The van der Waals surface area contributed by atoms with Gasteiger partial charge >= 0.3 is 0 Å². The number of aromatic nitrogens is 1. The second-order valence-corrected chi connectivity index (χ2v) is 8.06. The predicted octanol–water partition coefficient (Wildman–Crippen LogP) is 3.46. The second-order valence-electron chi connectivity index (χ2n) is 6.86. The lowest BCUT2D eigenvalue weighted by molar-refractivity contribution is -0.119. The van der Waals surface area contributed by atoms with Crippen molar-refractivity contribution < 1.29 is 18.4 Å². The van der Waals surface area contributed by atoms with Crippen molar-refractivity contribution >= 4 is 39.7 Å². The number of nitrogens with zero attached hydrogens (tertiary/aromatic N) is 3. The van der Waals surface area contributed by atoms with Crippen LogP contribution in [-0.4, -0.2) is 28.6 Å². The Morgan fingerprint density at radius 2 is 1.90 bits per heavy atom. The van der Waals surface area contributed by atoms with Crippen LogP contribution < -0.4 is 16.1 Å². The number of nitrogens with two attached hydrogens (primary N) is 1. The summed E-state index contributed by atoms with van der Waals surface area (Å²) in [6, 6.07) is 11.7. The van der Waals surface area contributed by atoms with Crippen LogP contribution in [0.3, 0.4) is 0 Å². The maximum Gasteiger partial charge on any atom is 0.273 e. The van der Waals surface area contributed by atoms with E-state index < -0.39 is 29.5 Å². The van der Waals surface area contributed by atoms with E-state index in [1.54, 1.807) is 31.2 Å². The van der Waals surface area contributed by atoms with Gasteiger partial charge in [-0.3, -0.25) is 19.9 Å². The first-order chi connectivity index (χ1) is 14.8. The number of aryl methyl sites for hydroxylation is 1. The third-order valence-electron chi connectivity index (χ3n) is 4.73. The molecule has 1 aliphatic rings. The van der Waals surface area contributed by atoms with Crippen LogP contribution in [0.15, 0.2) is 53.6 Å². The minimum atomic E-state index is -0.978. The summed E-state index contributed by atoms with van der Waals surface area (Å²) in [7, 11) is 0. The fourth-order valence-corrected chi connectivity index (χ4v) is 4.05. The summed E-state index contributed by atoms with van der Waals surface area (Å²) in [5.74, 6) is -3.04. The van der Waals surface area contributed by atoms with E-state index in [4.69, 9.17) is 5.73 Å². The smallest absolute Gasteiger partial charge is 0.273 e. The van der Waals surface area contributed by atoms with Crippen molar-refractivity contribution in [3.63, 3.8) is 0 Å². The van der Waals surface area contributed by atoms with Gasteiger partial charge in [-0.1, -0.05) is 18.2 Å². The molecule has 0 spiro atoms. The number of rotatable bonds is 5. The lowest BCUT2D eigenvalue weighted by Crippen LogP contribution is -2.39. The number of nitrogens with one attached hydrogen (secondary N) is 1. The standard InChI is InChI=1S/C21H17F2N5O2S/c1-11-18(12-7-8-14(22)15(23)9-12)25-21(31-11)26-20(30)16-10-17(19(24)29)28(27-16)13-5-3-2-4-6-13/h2-9,17H,10H2,1H3,(H2,24,29)(H,25,26,30)/t17-/m0/s1. The number of primary amides is 1. The van der Waals surface area contributed by atoms with Crippen molar-refractivity contribution in [2.24, 2.45) is 10.8 Å². The van der Waals surface area contributed by atoms with E-state index in [1.807, 2.05) is 6.07 Å². The molecule has 2 amide bonds. The van der Waals surface area contributed by atoms with Crippen molar-refractivity contribution in [1.82, 2.24) is 4.98 Å². The molecule has 1 aliphatic heterocycles. The van der Waals surface area contributed by atoms with Gasteiger partial charge in [-0.25, -0.2) is 13.8 Å². The third kappa shape index (κ3) is 4.15. The summed E-state index contributed by atoms with van der Waals surface area (Å²) in [5, 5.41) is 8.66. The van der Waals surface area contributed by atoms with E-state index in [-0.39, 0.29) is 17.3 Å². The molecule has 3 N–H and O–H groups in total. The highest BCUT2D eigenvalue weighted by atomic mass is 32.1. The Balaban J connectivity index is 1.56. The Hall–Kier alpha value is -3.66. The molecule has 0 aliphatic carbocycles. The van der Waals surface area contributed by atoms with E-state index in [1.165, 1.54) is 22.4 Å². The first-order valence-electron chi connectivity index (χ1n) is 9.28. The van der Waals surface area contributed by atoms with Gasteiger partial charge in [0.2, 0.25) is 5.91 Å². The van der Waals surface area contributed by atoms with Crippen molar-refractivity contribution in [3.8, 4) is 11.3 Å². The summed E-state index contributed by atoms with van der Waals surface area (Å²) >= 11 is 1.19. The molecule has 0 saturated carbocycles. The molecule has 10 heteroatoms. The Labute approximate surface area is 180 Å². The highest BCUT2D eigenvalue weighted by Gasteiger charge is 2.35. The molecular weight excluding hydrogens is 424 g/mol. The first kappa shape index (κ1) is 20.6. The van der Waals surface area contributed by atoms with Crippen LogP contribution in [-0.2, 0) is 9.59 Å². The van der Waals surface area contributed by atoms with Crippen LogP contribution in [0.5, 0.6) is 0 Å². The second kappa shape index (κ2) is 8.23. The van der Waals surface area contributed by atoms with Crippen LogP contribution in [0.2, 0.25) is 0 Å². The lowest BCUT2D eigenvalue weighted by atomic mass is 10.1. The monoisotopic (exact) mass is 441 g/mol. The van der Waals surface area contributed by atoms with Gasteiger partial charge in [-0.05, 0) is 37.3 Å². The number of para-hydroxylation sites is 1. The van der Waals surface area contributed by atoms with E-state index in [9.17, 15) is 18.4 Å². The summed E-state index contributed by atoms with van der Waals surface area (Å²) in [6.45, 7) is 1.76. The molecule has 0 radical (unpaired) electrons. The molecule has 2 aromatic carbocycles. The van der Waals surface area contributed by atoms with Gasteiger partial charge in [0.25, 0.3) is 5.91 Å². The Morgan fingerprint density at radius 3 is 2.58 bits per heavy atom. The van der Waals surface area contributed by atoms with Gasteiger partial charge in [-0.15, -0.1) is 11.3 Å². The first-order valence-corrected chi connectivity index (χ1v) is 10.1. The zero-order valence-corrected chi connectivity index (χ0v) is 17.1. The molecule has 0 fully saturated rings. The van der Waals surface area contributed by atoms with E-state index in [0.29, 0.717) is 16.9 Å². The zero-order chi connectivity index (χ0) is 22.1. The van der Waals surface area contributed by atoms with Gasteiger partial charge in [0.05, 0.1) is 11.4 Å². The van der Waals surface area contributed by atoms with Gasteiger partial charge in [0.15, 0.2) is 16.8 Å². The highest BCUT2D eigenvalue weighted by Crippen LogP contribution is 2.31. The number of hydrogen-bond donors (Lipinski definition) is 2. The number of halogens is 2. The predicted molar refractivity (Wildman–Crippen MR) is 115 cm³/mol. The molecule has 3 aromatic rings. The fourth-order valence-electron chi connectivity index (χ4n) is 3.22. The Morgan fingerprint density at radius 1 is 1.16 bits per heavy atom. The summed E-state index contributed by atoms with van der Waals surface area (Å²) in [5.41, 5.74) is 7.11. The third-order valence-corrected chi connectivity index (χ3v) is 5.62. The maximum atomic E-state index is 13.6. The van der Waals surface area contributed by atoms with Crippen molar-refractivity contribution in [1.29, 1.82) is 0 Å². The average Bonchev–Trinajstić information content (AvgIpc) is 3.35. The minimum absolute atomic E-state index is 0.0520. The molecule has 1 aromatic heterocycles. The van der Waals surface area contributed by atoms with Crippen molar-refractivity contribution in [2.45, 2.75) is 19.4 Å². The molecule has 0 bridgehead atoms. The fraction of sp³-hybridized carbons (Fsp3) is 0.143. The number of carbonyl (C=O) groups is 2. The van der Waals surface area contributed by atoms with E-state index in [0.717, 1.165) is 17.0 Å². The number of hydrogen-bond acceptors (Lipinski definition) is 6. The summed E-state index contributed by atoms with van der Waals surface area (Å²) in [6.07, 6.45) is 0.0520. The number of anilines is 2. The summed E-state index contributed by atoms with van der Waals surface area (Å²) in [4.78, 5) is 29.7. The minimum Gasteiger partial charge on any atom is -0.368 e. The average molecular weight is 441 g/mol. The topological polar surface area (TPSA) is 101 Å². The zero-order valence-electron chi connectivity index (χ0n) is 16.3. The van der Waals surface area contributed by atoms with Crippen LogP contribution in [0, 0.1) is 18.6 Å². The van der Waals surface area contributed by atoms with E-state index >= 15 is 0 Å². The number of benzene rings is 2. The molecule has 7 nitrogen and oxygen atoms in total. The van der Waals surface area contributed by atoms with Gasteiger partial charge in [-0.2, -0.15) is 5.10 Å². The molecule has 2 heterocycles. The van der Waals surface area contributed by atoms with Gasteiger partial charge < -0.3 is 5.73 Å². The normalized spacial score (nSPS) is 15.6. The maximum absolute atomic E-state index is 13.6. The Bertz CT molecular complexity index is 1200. The lowest BCUT2D eigenvalue weighted by Gasteiger charge is -2.20. The molecule has 1 atom stereocenters. The summed E-state index contributed by atoms with van der Waals surface area (Å²) < 4.78 is 26.8. The van der Waals surface area contributed by atoms with Gasteiger partial charge in [0.1, 0.15) is 11.8 Å². The van der Waals surface area contributed by atoms with Gasteiger partial charge in [0, 0.05) is 16.9 Å². The number of amides is 2. The molecule has 4 rings (SSSR count).